The summed E-state index contributed by atoms with van der Waals surface area (Å²) in [5.41, 5.74) is 8.84. The maximum absolute atomic E-state index is 16.6. The van der Waals surface area contributed by atoms with Gasteiger partial charge in [0.25, 0.3) is 0 Å². The van der Waals surface area contributed by atoms with E-state index in [0.29, 0.717) is 0 Å². The Bertz CT molecular complexity index is 3110. The second kappa shape index (κ2) is 13.2. The summed E-state index contributed by atoms with van der Waals surface area (Å²) in [7, 11) is -3.43. The summed E-state index contributed by atoms with van der Waals surface area (Å²) in [6.07, 6.45) is 0. The van der Waals surface area contributed by atoms with Crippen LogP contribution in [0.4, 0.5) is 0 Å². The normalized spacial score (nSPS) is 13.1. The van der Waals surface area contributed by atoms with E-state index < -0.39 is 12.6 Å². The van der Waals surface area contributed by atoms with Crippen LogP contribution in [0.5, 0.6) is 0 Å². The van der Waals surface area contributed by atoms with Gasteiger partial charge in [0, 0.05) is 15.9 Å². The zero-order chi connectivity index (χ0) is 38.0. The first-order chi connectivity index (χ1) is 28.2. The maximum Gasteiger partial charge on any atom is 0.172 e. The summed E-state index contributed by atoms with van der Waals surface area (Å²) in [6.45, 7) is 0. The summed E-state index contributed by atoms with van der Waals surface area (Å²) in [4.78, 5) is 0. The van der Waals surface area contributed by atoms with Gasteiger partial charge in [-0.2, -0.15) is 0 Å². The molecule has 0 unspecified atom stereocenters. The van der Waals surface area contributed by atoms with Crippen molar-refractivity contribution in [2.24, 2.45) is 0 Å². The van der Waals surface area contributed by atoms with Crippen molar-refractivity contribution in [1.82, 2.24) is 0 Å². The molecular weight excluding hydrogens is 708 g/mol. The van der Waals surface area contributed by atoms with Crippen molar-refractivity contribution in [2.75, 3.05) is 0 Å². The van der Waals surface area contributed by atoms with Gasteiger partial charge in [-0.25, -0.2) is 0 Å². The zero-order valence-corrected chi connectivity index (χ0v) is 32.1. The van der Waals surface area contributed by atoms with Crippen LogP contribution in [0.25, 0.3) is 54.6 Å². The lowest BCUT2D eigenvalue weighted by molar-refractivity contribution is 0.593. The number of rotatable bonds is 6. The van der Waals surface area contributed by atoms with Crippen LogP contribution in [-0.4, -0.2) is 0 Å². The second-order valence-electron chi connectivity index (χ2n) is 15.1. The van der Waals surface area contributed by atoms with E-state index in [1.54, 1.807) is 0 Å². The average Bonchev–Trinajstić information content (AvgIpc) is 3.29. The fourth-order valence-corrected chi connectivity index (χ4v) is 12.8. The maximum atomic E-state index is 16.6. The van der Waals surface area contributed by atoms with Crippen molar-refractivity contribution >= 4 is 55.4 Å². The van der Waals surface area contributed by atoms with Crippen molar-refractivity contribution in [3.63, 3.8) is 0 Å². The molecule has 0 N–H and O–H groups in total. The average molecular weight is 745 g/mol. The van der Waals surface area contributed by atoms with Crippen LogP contribution in [0, 0.1) is 0 Å². The lowest BCUT2D eigenvalue weighted by atomic mass is 9.59. The van der Waals surface area contributed by atoms with Crippen LogP contribution in [0.15, 0.2) is 224 Å². The zero-order valence-electron chi connectivity index (χ0n) is 31.2. The molecule has 0 aromatic heterocycles. The van der Waals surface area contributed by atoms with Crippen molar-refractivity contribution in [2.45, 2.75) is 5.41 Å². The van der Waals surface area contributed by atoms with Crippen molar-refractivity contribution in [3.8, 4) is 22.3 Å². The molecular formula is C55H37OP. The van der Waals surface area contributed by atoms with Gasteiger partial charge in [-0.15, -0.1) is 0 Å². The highest BCUT2D eigenvalue weighted by atomic mass is 31.2. The van der Waals surface area contributed by atoms with E-state index in [9.17, 15) is 0 Å². The van der Waals surface area contributed by atoms with E-state index in [1.165, 1.54) is 55.3 Å². The van der Waals surface area contributed by atoms with Crippen molar-refractivity contribution in [3.05, 3.63) is 247 Å². The first kappa shape index (κ1) is 33.5. The molecule has 10 aromatic rings. The molecule has 0 bridgehead atoms. The van der Waals surface area contributed by atoms with Crippen molar-refractivity contribution < 1.29 is 4.57 Å². The molecule has 0 amide bonds. The van der Waals surface area contributed by atoms with E-state index in [0.717, 1.165) is 37.5 Å². The highest BCUT2D eigenvalue weighted by Gasteiger charge is 2.46. The highest BCUT2D eigenvalue weighted by molar-refractivity contribution is 7.86. The molecule has 57 heavy (non-hydrogen) atoms. The number of hydrogen-bond donors (Lipinski definition) is 0. The molecule has 10 aromatic carbocycles. The van der Waals surface area contributed by atoms with Gasteiger partial charge in [0.2, 0.25) is 0 Å². The molecule has 2 heteroatoms. The molecule has 1 nitrogen and oxygen atoms in total. The van der Waals surface area contributed by atoms with Gasteiger partial charge in [-0.3, -0.25) is 0 Å². The molecule has 0 atom stereocenters. The molecule has 11 rings (SSSR count). The van der Waals surface area contributed by atoms with E-state index in [2.05, 4.69) is 164 Å². The Morgan fingerprint density at radius 1 is 0.368 bits per heavy atom. The minimum atomic E-state index is -3.43. The molecule has 0 aliphatic heterocycles. The predicted octanol–water partition coefficient (Wildman–Crippen LogP) is 12.8. The van der Waals surface area contributed by atoms with Gasteiger partial charge in [-0.05, 0) is 89.0 Å². The van der Waals surface area contributed by atoms with Crippen LogP contribution < -0.4 is 15.9 Å². The molecule has 0 radical (unpaired) electrons. The molecule has 0 fully saturated rings. The Kier molecular flexibility index (Phi) is 7.75. The largest absolute Gasteiger partial charge is 0.309 e. The molecule has 268 valence electrons. The molecule has 1 aliphatic carbocycles. The topological polar surface area (TPSA) is 17.1 Å². The lowest BCUT2D eigenvalue weighted by Crippen LogP contribution is -2.35. The second-order valence-corrected chi connectivity index (χ2v) is 17.8. The minimum Gasteiger partial charge on any atom is -0.309 e. The van der Waals surface area contributed by atoms with Gasteiger partial charge >= 0.3 is 0 Å². The van der Waals surface area contributed by atoms with E-state index in [-0.39, 0.29) is 0 Å². The summed E-state index contributed by atoms with van der Waals surface area (Å²) in [5.74, 6) is 0. The molecule has 0 spiro atoms. The third kappa shape index (κ3) is 4.93. The summed E-state index contributed by atoms with van der Waals surface area (Å²) in [6, 6.07) is 80.1. The Morgan fingerprint density at radius 2 is 0.877 bits per heavy atom. The number of benzene rings is 10. The quantitative estimate of drug-likeness (QED) is 0.122. The Labute approximate surface area is 332 Å². The minimum absolute atomic E-state index is 0.694. The third-order valence-corrected chi connectivity index (χ3v) is 15.3. The Morgan fingerprint density at radius 3 is 1.53 bits per heavy atom. The number of fused-ring (bicyclic) bond motifs is 5. The first-order valence-electron chi connectivity index (χ1n) is 19.6. The van der Waals surface area contributed by atoms with Crippen LogP contribution >= 0.6 is 7.14 Å². The summed E-state index contributed by atoms with van der Waals surface area (Å²) in [5, 5.41) is 9.30. The molecule has 1 aliphatic rings. The van der Waals surface area contributed by atoms with E-state index in [4.69, 9.17) is 0 Å². The summed E-state index contributed by atoms with van der Waals surface area (Å²) < 4.78 is 16.6. The first-order valence-corrected chi connectivity index (χ1v) is 21.3. The fraction of sp³-hybridized carbons (Fsp3) is 0.0182. The number of hydrogen-bond acceptors (Lipinski definition) is 1. The predicted molar refractivity (Wildman–Crippen MR) is 241 cm³/mol. The smallest absolute Gasteiger partial charge is 0.172 e. The van der Waals surface area contributed by atoms with Gasteiger partial charge in [0.15, 0.2) is 7.14 Å². The molecule has 0 saturated carbocycles. The van der Waals surface area contributed by atoms with Gasteiger partial charge in [0.1, 0.15) is 0 Å². The molecule has 0 heterocycles. The van der Waals surface area contributed by atoms with Gasteiger partial charge < -0.3 is 4.57 Å². The Hall–Kier alpha value is -6.79. The highest BCUT2D eigenvalue weighted by Crippen LogP contribution is 2.59. The van der Waals surface area contributed by atoms with Crippen LogP contribution in [-0.2, 0) is 9.98 Å². The van der Waals surface area contributed by atoms with E-state index >= 15 is 4.57 Å². The van der Waals surface area contributed by atoms with Gasteiger partial charge in [0.05, 0.1) is 5.41 Å². The fourth-order valence-electron chi connectivity index (χ4n) is 9.75. The SMILES string of the molecule is O=P(c1ccccc1)(c1ccccc1)c1c2ccccc2c2c3c(cccc13)C(c1ccccc1)(c1ccccc1)c1cc(-c3ccc4ccccc4c3)ccc1-2. The van der Waals surface area contributed by atoms with Crippen LogP contribution in [0.1, 0.15) is 22.3 Å². The Balaban J connectivity index is 1.34. The molecule has 0 saturated heterocycles. The van der Waals surface area contributed by atoms with Crippen molar-refractivity contribution in [1.29, 1.82) is 0 Å². The van der Waals surface area contributed by atoms with E-state index in [1.807, 2.05) is 60.7 Å². The lowest BCUT2D eigenvalue weighted by Gasteiger charge is -2.43. The van der Waals surface area contributed by atoms with Gasteiger partial charge in [-0.1, -0.05) is 212 Å². The standard InChI is InChI=1S/C55H37OP/c56-57(44-24-9-3-10-25-44,45-26-11-4-12-27-45)54-47-29-16-15-28-46(47)52-48-35-34-41(40-33-32-38-18-13-14-19-39(38)36-40)37-51(48)55(42-20-5-1-6-21-42,43-22-7-2-8-23-43)50-31-17-30-49(54)53(50)52/h1-37H. The van der Waals surface area contributed by atoms with Crippen LogP contribution in [0.3, 0.4) is 0 Å². The monoisotopic (exact) mass is 744 g/mol. The third-order valence-electron chi connectivity index (χ3n) is 12.2. The van der Waals surface area contributed by atoms with Crippen LogP contribution in [0.2, 0.25) is 0 Å². The summed E-state index contributed by atoms with van der Waals surface area (Å²) >= 11 is 0.